The molecule has 1 heterocycles. The predicted octanol–water partition coefficient (Wildman–Crippen LogP) is 1.45. The number of ether oxygens (including phenoxy) is 1. The fraction of sp³-hybridized carbons (Fsp3) is 0.429. The average molecular weight is 273 g/mol. The minimum atomic E-state index is -0.492. The molecule has 0 aliphatic carbocycles. The van der Waals surface area contributed by atoms with Crippen LogP contribution < -0.4 is 4.90 Å². The van der Waals surface area contributed by atoms with Gasteiger partial charge in [-0.25, -0.2) is 0 Å². The summed E-state index contributed by atoms with van der Waals surface area (Å²) in [5.41, 5.74) is 0.438. The molecule has 6 nitrogen and oxygen atoms in total. The van der Waals surface area contributed by atoms with Gasteiger partial charge in [0.1, 0.15) is 17.7 Å². The summed E-state index contributed by atoms with van der Waals surface area (Å²) in [6, 6.07) is 5.00. The number of benzene rings is 1. The molecule has 0 radical (unpaired) electrons. The fourth-order valence-corrected chi connectivity index (χ4v) is 2.53. The Kier molecular flexibility index (Phi) is 3.69. The van der Waals surface area contributed by atoms with Crippen molar-refractivity contribution >= 4 is 5.69 Å². The number of phenolic OH excluding ortho intramolecular Hbond substituents is 2. The lowest BCUT2D eigenvalue weighted by Gasteiger charge is -2.37. The van der Waals surface area contributed by atoms with Gasteiger partial charge < -0.3 is 19.8 Å². The van der Waals surface area contributed by atoms with E-state index in [4.69, 9.17) is 4.74 Å². The zero-order valence-electron chi connectivity index (χ0n) is 11.3. The van der Waals surface area contributed by atoms with Crippen LogP contribution in [0.4, 0.5) is 5.69 Å². The van der Waals surface area contributed by atoms with Gasteiger partial charge in [0, 0.05) is 19.2 Å². The largest absolute Gasteiger partial charge is 0.504 e. The van der Waals surface area contributed by atoms with Gasteiger partial charge in [-0.1, -0.05) is 0 Å². The minimum Gasteiger partial charge on any atom is -0.504 e. The van der Waals surface area contributed by atoms with Crippen molar-refractivity contribution in [3.05, 3.63) is 17.2 Å². The summed E-state index contributed by atoms with van der Waals surface area (Å²) >= 11 is 0. The molecule has 0 aromatic heterocycles. The Bertz CT molecular complexity index is 606. The molecule has 0 amide bonds. The molecule has 2 unspecified atom stereocenters. The van der Waals surface area contributed by atoms with E-state index < -0.39 is 11.5 Å². The molecule has 1 aliphatic rings. The van der Waals surface area contributed by atoms with Crippen LogP contribution in [0.1, 0.15) is 25.0 Å². The highest BCUT2D eigenvalue weighted by Crippen LogP contribution is 2.39. The van der Waals surface area contributed by atoms with Gasteiger partial charge >= 0.3 is 0 Å². The summed E-state index contributed by atoms with van der Waals surface area (Å²) < 4.78 is 5.62. The number of phenols is 2. The molecular formula is C14H15N3O3. The maximum atomic E-state index is 9.82. The molecule has 6 heteroatoms. The zero-order valence-corrected chi connectivity index (χ0v) is 11.3. The Balaban J connectivity index is 2.58. The van der Waals surface area contributed by atoms with Crippen molar-refractivity contribution in [2.75, 3.05) is 18.0 Å². The number of nitriles is 2. The van der Waals surface area contributed by atoms with E-state index in [1.807, 2.05) is 30.9 Å². The van der Waals surface area contributed by atoms with Crippen LogP contribution in [-0.4, -0.2) is 35.5 Å². The van der Waals surface area contributed by atoms with Gasteiger partial charge in [-0.2, -0.15) is 10.5 Å². The highest BCUT2D eigenvalue weighted by molar-refractivity contribution is 5.75. The first kappa shape index (κ1) is 14.0. The third-order valence-corrected chi connectivity index (χ3v) is 3.22. The molecular weight excluding hydrogens is 258 g/mol. The summed E-state index contributed by atoms with van der Waals surface area (Å²) in [5.74, 6) is -0.954. The van der Waals surface area contributed by atoms with Gasteiger partial charge in [-0.3, -0.25) is 0 Å². The molecule has 1 aliphatic heterocycles. The van der Waals surface area contributed by atoms with Crippen LogP contribution in [0.25, 0.3) is 0 Å². The van der Waals surface area contributed by atoms with E-state index in [1.54, 1.807) is 0 Å². The quantitative estimate of drug-likeness (QED) is 0.751. The van der Waals surface area contributed by atoms with Crippen LogP contribution in [0.2, 0.25) is 0 Å². The standard InChI is InChI=1S/C14H15N3O3/c1-8-6-17(7-9(2)20-8)13-10(4-15)3-12(18)14(19)11(13)5-16/h3,8-9,18-19H,6-7H2,1-2H3. The van der Waals surface area contributed by atoms with E-state index in [2.05, 4.69) is 0 Å². The maximum Gasteiger partial charge on any atom is 0.177 e. The van der Waals surface area contributed by atoms with Gasteiger partial charge in [0.15, 0.2) is 11.5 Å². The molecule has 104 valence electrons. The van der Waals surface area contributed by atoms with Gasteiger partial charge in [0.25, 0.3) is 0 Å². The maximum absolute atomic E-state index is 9.82. The Labute approximate surface area is 117 Å². The average Bonchev–Trinajstić information content (AvgIpc) is 2.39. The van der Waals surface area contributed by atoms with Crippen molar-refractivity contribution in [1.29, 1.82) is 10.5 Å². The third kappa shape index (κ3) is 2.34. The molecule has 20 heavy (non-hydrogen) atoms. The summed E-state index contributed by atoms with van der Waals surface area (Å²) in [5, 5.41) is 37.8. The van der Waals surface area contributed by atoms with E-state index in [0.29, 0.717) is 18.8 Å². The van der Waals surface area contributed by atoms with Crippen LogP contribution in [-0.2, 0) is 4.74 Å². The Morgan fingerprint density at radius 2 is 1.80 bits per heavy atom. The summed E-state index contributed by atoms with van der Waals surface area (Å²) in [4.78, 5) is 1.84. The Morgan fingerprint density at radius 1 is 1.20 bits per heavy atom. The topological polar surface area (TPSA) is 101 Å². The van der Waals surface area contributed by atoms with Crippen LogP contribution in [0.5, 0.6) is 11.5 Å². The first-order valence-corrected chi connectivity index (χ1v) is 6.27. The van der Waals surface area contributed by atoms with Crippen molar-refractivity contribution in [1.82, 2.24) is 0 Å². The predicted molar refractivity (Wildman–Crippen MR) is 71.4 cm³/mol. The molecule has 0 saturated carbocycles. The van der Waals surface area contributed by atoms with Crippen LogP contribution in [0.3, 0.4) is 0 Å². The second kappa shape index (κ2) is 5.28. The molecule has 2 rings (SSSR count). The number of hydrogen-bond donors (Lipinski definition) is 2. The van der Waals surface area contributed by atoms with Crippen LogP contribution in [0, 0.1) is 22.7 Å². The molecule has 2 atom stereocenters. The first-order chi connectivity index (χ1) is 9.47. The van der Waals surface area contributed by atoms with Crippen LogP contribution >= 0.6 is 0 Å². The molecule has 1 saturated heterocycles. The van der Waals surface area contributed by atoms with Gasteiger partial charge in [0.2, 0.25) is 0 Å². The third-order valence-electron chi connectivity index (χ3n) is 3.22. The highest BCUT2D eigenvalue weighted by atomic mass is 16.5. The normalized spacial score (nSPS) is 22.1. The summed E-state index contributed by atoms with van der Waals surface area (Å²) in [6.07, 6.45) is -0.0967. The van der Waals surface area contributed by atoms with Gasteiger partial charge in [-0.05, 0) is 13.8 Å². The smallest absolute Gasteiger partial charge is 0.177 e. The second-order valence-corrected chi connectivity index (χ2v) is 4.90. The lowest BCUT2D eigenvalue weighted by Crippen LogP contribution is -2.46. The fourth-order valence-electron chi connectivity index (χ4n) is 2.53. The Hall–Kier alpha value is -2.44. The number of rotatable bonds is 1. The number of aromatic hydroxyl groups is 2. The van der Waals surface area contributed by atoms with Crippen molar-refractivity contribution < 1.29 is 14.9 Å². The minimum absolute atomic E-state index is 0.0484. The van der Waals surface area contributed by atoms with Gasteiger partial charge in [0.05, 0.1) is 23.5 Å². The zero-order chi connectivity index (χ0) is 14.9. The van der Waals surface area contributed by atoms with E-state index in [-0.39, 0.29) is 23.3 Å². The van der Waals surface area contributed by atoms with Crippen molar-refractivity contribution in [2.45, 2.75) is 26.1 Å². The second-order valence-electron chi connectivity index (χ2n) is 4.90. The van der Waals surface area contributed by atoms with E-state index >= 15 is 0 Å². The number of nitrogens with zero attached hydrogens (tertiary/aromatic N) is 3. The lowest BCUT2D eigenvalue weighted by molar-refractivity contribution is -0.00525. The number of hydrogen-bond acceptors (Lipinski definition) is 6. The molecule has 0 spiro atoms. The summed E-state index contributed by atoms with van der Waals surface area (Å²) in [7, 11) is 0. The van der Waals surface area contributed by atoms with Gasteiger partial charge in [-0.15, -0.1) is 0 Å². The lowest BCUT2D eigenvalue weighted by atomic mass is 10.0. The molecule has 1 fully saturated rings. The van der Waals surface area contributed by atoms with Crippen molar-refractivity contribution in [3.8, 4) is 23.6 Å². The number of anilines is 1. The Morgan fingerprint density at radius 3 is 2.30 bits per heavy atom. The van der Waals surface area contributed by atoms with Crippen molar-refractivity contribution in [2.24, 2.45) is 0 Å². The van der Waals surface area contributed by atoms with Crippen molar-refractivity contribution in [3.63, 3.8) is 0 Å². The monoisotopic (exact) mass is 273 g/mol. The molecule has 1 aromatic carbocycles. The van der Waals surface area contributed by atoms with Crippen LogP contribution in [0.15, 0.2) is 6.07 Å². The van der Waals surface area contributed by atoms with E-state index in [0.717, 1.165) is 0 Å². The highest BCUT2D eigenvalue weighted by Gasteiger charge is 2.28. The number of morpholine rings is 1. The molecule has 0 bridgehead atoms. The van der Waals surface area contributed by atoms with E-state index in [1.165, 1.54) is 6.07 Å². The molecule has 2 N–H and O–H groups in total. The SMILES string of the molecule is CC1CN(c2c(C#N)cc(O)c(O)c2C#N)CC(C)O1. The molecule has 1 aromatic rings. The summed E-state index contributed by atoms with van der Waals surface area (Å²) in [6.45, 7) is 4.83. The van der Waals surface area contributed by atoms with E-state index in [9.17, 15) is 20.7 Å². The first-order valence-electron chi connectivity index (χ1n) is 6.27.